The van der Waals surface area contributed by atoms with Crippen molar-refractivity contribution >= 4 is 28.0 Å². The molecule has 70 valence electrons. The maximum atomic E-state index is 11.1. The highest BCUT2D eigenvalue weighted by molar-refractivity contribution is 9.08. The van der Waals surface area contributed by atoms with Crippen LogP contribution < -0.4 is 0 Å². The lowest BCUT2D eigenvalue weighted by Gasteiger charge is -2.08. The first-order valence-electron chi connectivity index (χ1n) is 4.09. The molecule has 0 spiro atoms. The van der Waals surface area contributed by atoms with E-state index in [0.29, 0.717) is 6.42 Å². The fourth-order valence-electron chi connectivity index (χ4n) is 0.800. The Morgan fingerprint density at radius 3 is 2.33 bits per heavy atom. The largest absolute Gasteiger partial charge is 0.274 e. The topological polar surface area (TPSA) is 37.4 Å². The molecule has 4 heteroatoms. The number of nitrogens with zero attached hydrogens (tertiary/aromatic N) is 1. The molecule has 0 unspecified atom stereocenters. The summed E-state index contributed by atoms with van der Waals surface area (Å²) >= 11 is 2.89. The lowest BCUT2D eigenvalue weighted by atomic mass is 10.2. The third-order valence-electron chi connectivity index (χ3n) is 1.49. The Morgan fingerprint density at radius 2 is 1.92 bits per heavy atom. The second-order valence-corrected chi connectivity index (χ2v) is 3.36. The van der Waals surface area contributed by atoms with Gasteiger partial charge in [-0.2, -0.15) is 0 Å². The summed E-state index contributed by atoms with van der Waals surface area (Å²) in [6, 6.07) is 0. The highest BCUT2D eigenvalue weighted by Crippen LogP contribution is 2.06. The van der Waals surface area contributed by atoms with Crippen LogP contribution in [0.25, 0.3) is 0 Å². The third kappa shape index (κ3) is 4.49. The molecule has 0 aromatic carbocycles. The van der Waals surface area contributed by atoms with Crippen LogP contribution in [0.5, 0.6) is 0 Å². The fraction of sp³-hybridized carbons (Fsp3) is 0.750. The zero-order chi connectivity index (χ0) is 9.56. The summed E-state index contributed by atoms with van der Waals surface area (Å²) in [4.78, 5) is 21.8. The van der Waals surface area contributed by atoms with Crippen molar-refractivity contribution in [1.82, 2.24) is 3.93 Å². The van der Waals surface area contributed by atoms with Gasteiger partial charge in [0.05, 0.1) is 16.1 Å². The second-order valence-electron chi connectivity index (χ2n) is 2.65. The van der Waals surface area contributed by atoms with Gasteiger partial charge in [-0.05, 0) is 6.42 Å². The van der Waals surface area contributed by atoms with Crippen molar-refractivity contribution < 1.29 is 9.59 Å². The van der Waals surface area contributed by atoms with Crippen LogP contribution in [0.4, 0.5) is 0 Å². The Morgan fingerprint density at radius 1 is 1.33 bits per heavy atom. The number of hydrogen-bond acceptors (Lipinski definition) is 2. The number of amides is 2. The molecule has 0 aromatic heterocycles. The van der Waals surface area contributed by atoms with E-state index in [9.17, 15) is 9.59 Å². The van der Waals surface area contributed by atoms with Crippen molar-refractivity contribution in [1.29, 1.82) is 0 Å². The van der Waals surface area contributed by atoms with E-state index in [4.69, 9.17) is 0 Å². The molecule has 12 heavy (non-hydrogen) atoms. The molecule has 0 aliphatic rings. The van der Waals surface area contributed by atoms with Gasteiger partial charge in [-0.15, -0.1) is 0 Å². The second kappa shape index (κ2) is 6.17. The van der Waals surface area contributed by atoms with E-state index < -0.39 is 0 Å². The van der Waals surface area contributed by atoms with Crippen LogP contribution in [0.1, 0.15) is 39.5 Å². The predicted molar refractivity (Wildman–Crippen MR) is 50.6 cm³/mol. The average molecular weight is 236 g/mol. The fourth-order valence-corrected chi connectivity index (χ4v) is 0.977. The Bertz CT molecular complexity index is 170. The van der Waals surface area contributed by atoms with Crippen LogP contribution in [-0.4, -0.2) is 15.7 Å². The quantitative estimate of drug-likeness (QED) is 0.554. The van der Waals surface area contributed by atoms with Crippen molar-refractivity contribution in [2.24, 2.45) is 0 Å². The number of halogens is 1. The van der Waals surface area contributed by atoms with E-state index in [1.165, 1.54) is 6.92 Å². The van der Waals surface area contributed by atoms with Gasteiger partial charge >= 0.3 is 0 Å². The molecule has 0 aliphatic carbocycles. The summed E-state index contributed by atoms with van der Waals surface area (Å²) in [5.74, 6) is -0.424. The summed E-state index contributed by atoms with van der Waals surface area (Å²) < 4.78 is 0.989. The molecule has 0 fully saturated rings. The molecule has 3 nitrogen and oxygen atoms in total. The first-order valence-corrected chi connectivity index (χ1v) is 4.79. The molecule has 0 radical (unpaired) electrons. The van der Waals surface area contributed by atoms with E-state index in [1.807, 2.05) is 0 Å². The van der Waals surface area contributed by atoms with Crippen LogP contribution >= 0.6 is 16.1 Å². The molecule has 0 saturated heterocycles. The zero-order valence-electron chi connectivity index (χ0n) is 7.47. The SMILES string of the molecule is CCCCCC(=O)N(Br)C(C)=O. The van der Waals surface area contributed by atoms with E-state index in [-0.39, 0.29) is 11.8 Å². The molecule has 2 amide bonds. The third-order valence-corrected chi connectivity index (χ3v) is 2.38. The summed E-state index contributed by atoms with van der Waals surface area (Å²) in [6.45, 7) is 3.42. The highest BCUT2D eigenvalue weighted by atomic mass is 79.9. The number of hydrogen-bond donors (Lipinski definition) is 0. The first kappa shape index (κ1) is 11.6. The minimum Gasteiger partial charge on any atom is -0.274 e. The number of rotatable bonds is 4. The van der Waals surface area contributed by atoms with Crippen molar-refractivity contribution in [2.75, 3.05) is 0 Å². The van der Waals surface area contributed by atoms with Crippen LogP contribution in [0, 0.1) is 0 Å². The Balaban J connectivity index is 3.65. The molecule has 0 N–H and O–H groups in total. The summed E-state index contributed by atoms with van der Waals surface area (Å²) in [6.07, 6.45) is 3.41. The van der Waals surface area contributed by atoms with Crippen LogP contribution in [-0.2, 0) is 9.59 Å². The van der Waals surface area contributed by atoms with Gasteiger partial charge in [0.2, 0.25) is 11.8 Å². The molecular weight excluding hydrogens is 222 g/mol. The lowest BCUT2D eigenvalue weighted by Crippen LogP contribution is -2.24. The number of unbranched alkanes of at least 4 members (excludes halogenated alkanes) is 2. The Labute approximate surface area is 81.5 Å². The minimum absolute atomic E-state index is 0.157. The Hall–Kier alpha value is -0.380. The van der Waals surface area contributed by atoms with Crippen molar-refractivity contribution in [3.05, 3.63) is 0 Å². The number of imide groups is 1. The molecule has 0 bridgehead atoms. The molecule has 0 saturated carbocycles. The van der Waals surface area contributed by atoms with Crippen molar-refractivity contribution in [3.8, 4) is 0 Å². The van der Waals surface area contributed by atoms with Crippen LogP contribution in [0.3, 0.4) is 0 Å². The van der Waals surface area contributed by atoms with E-state index in [2.05, 4.69) is 23.1 Å². The van der Waals surface area contributed by atoms with Gasteiger partial charge in [-0.3, -0.25) is 9.59 Å². The van der Waals surface area contributed by atoms with Gasteiger partial charge in [0.15, 0.2) is 0 Å². The van der Waals surface area contributed by atoms with Gasteiger partial charge in [0.25, 0.3) is 0 Å². The maximum absolute atomic E-state index is 11.1. The highest BCUT2D eigenvalue weighted by Gasteiger charge is 2.13. The molecular formula is C8H14BrNO2. The summed E-state index contributed by atoms with van der Waals surface area (Å²) in [7, 11) is 0. The Kier molecular flexibility index (Phi) is 5.98. The molecule has 0 atom stereocenters. The van der Waals surface area contributed by atoms with Gasteiger partial charge in [-0.1, -0.05) is 19.8 Å². The lowest BCUT2D eigenvalue weighted by molar-refractivity contribution is -0.136. The number of carbonyl (C=O) groups excluding carboxylic acids is 2. The van der Waals surface area contributed by atoms with E-state index in [0.717, 1.165) is 23.2 Å². The molecule has 0 heterocycles. The maximum Gasteiger partial charge on any atom is 0.239 e. The number of carbonyl (C=O) groups is 2. The summed E-state index contributed by atoms with van der Waals surface area (Å²) in [5.41, 5.74) is 0. The molecule has 0 aliphatic heterocycles. The normalized spacial score (nSPS) is 9.58. The van der Waals surface area contributed by atoms with Crippen molar-refractivity contribution in [2.45, 2.75) is 39.5 Å². The van der Waals surface area contributed by atoms with Gasteiger partial charge in [-0.25, -0.2) is 3.93 Å². The zero-order valence-corrected chi connectivity index (χ0v) is 9.06. The molecule has 0 aromatic rings. The van der Waals surface area contributed by atoms with Gasteiger partial charge in [0, 0.05) is 13.3 Å². The molecule has 0 rings (SSSR count). The standard InChI is InChI=1S/C8H14BrNO2/c1-3-4-5-6-8(12)10(9)7(2)11/h3-6H2,1-2H3. The predicted octanol–water partition coefficient (Wildman–Crippen LogP) is 2.25. The van der Waals surface area contributed by atoms with Gasteiger partial charge in [0.1, 0.15) is 0 Å². The summed E-state index contributed by atoms with van der Waals surface area (Å²) in [5, 5.41) is 0. The van der Waals surface area contributed by atoms with E-state index >= 15 is 0 Å². The van der Waals surface area contributed by atoms with Crippen LogP contribution in [0.2, 0.25) is 0 Å². The van der Waals surface area contributed by atoms with Crippen molar-refractivity contribution in [3.63, 3.8) is 0 Å². The van der Waals surface area contributed by atoms with E-state index in [1.54, 1.807) is 0 Å². The van der Waals surface area contributed by atoms with Crippen LogP contribution in [0.15, 0.2) is 0 Å². The monoisotopic (exact) mass is 235 g/mol. The minimum atomic E-state index is -0.267. The first-order chi connectivity index (χ1) is 5.59. The smallest absolute Gasteiger partial charge is 0.239 e. The van der Waals surface area contributed by atoms with Gasteiger partial charge < -0.3 is 0 Å². The average Bonchev–Trinajstić information content (AvgIpc) is 2.03.